The molecular formula is C12H23NO2. The summed E-state index contributed by atoms with van der Waals surface area (Å²) in [4.78, 5) is 10.8. The van der Waals surface area contributed by atoms with Crippen LogP contribution >= 0.6 is 0 Å². The average Bonchev–Trinajstić information content (AvgIpc) is 1.94. The number of rotatable bonds is 2. The lowest BCUT2D eigenvalue weighted by molar-refractivity contribution is -0.143. The summed E-state index contributed by atoms with van der Waals surface area (Å²) < 4.78 is 5.10. The van der Waals surface area contributed by atoms with Crippen LogP contribution in [0.2, 0.25) is 0 Å². The van der Waals surface area contributed by atoms with Crippen molar-refractivity contribution in [1.29, 1.82) is 0 Å². The number of piperidine rings is 1. The minimum Gasteiger partial charge on any atom is -0.466 e. The van der Waals surface area contributed by atoms with Crippen LogP contribution in [0, 0.1) is 5.92 Å². The summed E-state index contributed by atoms with van der Waals surface area (Å²) in [6, 6.07) is 0. The van der Waals surface area contributed by atoms with Crippen molar-refractivity contribution >= 4 is 5.97 Å². The Kier molecular flexibility index (Phi) is 3.44. The van der Waals surface area contributed by atoms with Gasteiger partial charge >= 0.3 is 5.97 Å². The van der Waals surface area contributed by atoms with E-state index in [9.17, 15) is 4.79 Å². The third-order valence-corrected chi connectivity index (χ3v) is 2.80. The van der Waals surface area contributed by atoms with E-state index >= 15 is 0 Å². The summed E-state index contributed by atoms with van der Waals surface area (Å²) >= 11 is 0. The van der Waals surface area contributed by atoms with Gasteiger partial charge in [0.1, 0.15) is 0 Å². The van der Waals surface area contributed by atoms with Crippen LogP contribution in [0.5, 0.6) is 0 Å². The molecule has 15 heavy (non-hydrogen) atoms. The molecule has 0 aromatic rings. The summed E-state index contributed by atoms with van der Waals surface area (Å²) in [5, 5.41) is 3.61. The van der Waals surface area contributed by atoms with Crippen LogP contribution in [0.15, 0.2) is 0 Å². The van der Waals surface area contributed by atoms with Gasteiger partial charge in [0, 0.05) is 18.0 Å². The molecular weight excluding hydrogens is 190 g/mol. The highest BCUT2D eigenvalue weighted by atomic mass is 16.5. The Morgan fingerprint density at radius 2 is 1.73 bits per heavy atom. The van der Waals surface area contributed by atoms with Crippen LogP contribution in [0.3, 0.4) is 0 Å². The Hall–Kier alpha value is -0.570. The Balaban J connectivity index is 2.55. The summed E-state index contributed by atoms with van der Waals surface area (Å²) in [5.74, 6) is 0.296. The maximum atomic E-state index is 10.8. The third kappa shape index (κ3) is 4.20. The molecule has 0 unspecified atom stereocenters. The number of esters is 1. The van der Waals surface area contributed by atoms with Crippen molar-refractivity contribution < 1.29 is 9.53 Å². The molecule has 0 bridgehead atoms. The Bertz CT molecular complexity index is 230. The fourth-order valence-electron chi connectivity index (χ4n) is 2.89. The van der Waals surface area contributed by atoms with E-state index in [0.717, 1.165) is 12.8 Å². The molecule has 1 fully saturated rings. The topological polar surface area (TPSA) is 38.3 Å². The van der Waals surface area contributed by atoms with E-state index in [4.69, 9.17) is 4.74 Å². The van der Waals surface area contributed by atoms with Crippen molar-refractivity contribution in [2.45, 2.75) is 58.5 Å². The zero-order valence-electron chi connectivity index (χ0n) is 10.5. The van der Waals surface area contributed by atoms with Crippen LogP contribution < -0.4 is 5.32 Å². The Morgan fingerprint density at radius 1 is 1.27 bits per heavy atom. The second-order valence-corrected chi connectivity index (χ2v) is 5.97. The van der Waals surface area contributed by atoms with Crippen molar-refractivity contribution in [2.24, 2.45) is 5.92 Å². The summed E-state index contributed by atoms with van der Waals surface area (Å²) in [6.45, 7) is 10.8. The van der Waals surface area contributed by atoms with Gasteiger partial charge in [-0.1, -0.05) is 0 Å². The molecule has 88 valence electrons. The maximum Gasteiger partial charge on any atom is 0.302 e. The predicted octanol–water partition coefficient (Wildman–Crippen LogP) is 2.11. The monoisotopic (exact) mass is 213 g/mol. The van der Waals surface area contributed by atoms with Gasteiger partial charge in [0.2, 0.25) is 0 Å². The highest BCUT2D eigenvalue weighted by Crippen LogP contribution is 2.32. The molecule has 0 aromatic carbocycles. The second kappa shape index (κ2) is 4.12. The number of carbonyl (C=O) groups excluding carboxylic acids is 1. The SMILES string of the molecule is CC(=O)OCC1CC(C)(C)NC(C)(C)C1. The van der Waals surface area contributed by atoms with Crippen molar-refractivity contribution in [1.82, 2.24) is 5.32 Å². The molecule has 1 N–H and O–H groups in total. The standard InChI is InChI=1S/C12H23NO2/c1-9(14)15-8-10-6-11(2,3)13-12(4,5)7-10/h10,13H,6-8H2,1-5H3. The number of nitrogens with one attached hydrogen (secondary N) is 1. The van der Waals surface area contributed by atoms with Gasteiger partial charge in [0.05, 0.1) is 6.61 Å². The summed E-state index contributed by atoms with van der Waals surface area (Å²) in [7, 11) is 0. The second-order valence-electron chi connectivity index (χ2n) is 5.97. The maximum absolute atomic E-state index is 10.8. The zero-order chi connectivity index (χ0) is 11.7. The van der Waals surface area contributed by atoms with E-state index in [1.807, 2.05) is 0 Å². The molecule has 0 atom stereocenters. The summed E-state index contributed by atoms with van der Waals surface area (Å²) in [5.41, 5.74) is 0.263. The van der Waals surface area contributed by atoms with E-state index in [1.165, 1.54) is 6.92 Å². The van der Waals surface area contributed by atoms with Gasteiger partial charge < -0.3 is 10.1 Å². The van der Waals surface area contributed by atoms with Crippen molar-refractivity contribution in [3.8, 4) is 0 Å². The molecule has 0 aromatic heterocycles. The van der Waals surface area contributed by atoms with E-state index in [2.05, 4.69) is 33.0 Å². The lowest BCUT2D eigenvalue weighted by Crippen LogP contribution is -2.58. The van der Waals surface area contributed by atoms with Crippen molar-refractivity contribution in [3.63, 3.8) is 0 Å². The lowest BCUT2D eigenvalue weighted by atomic mass is 9.76. The van der Waals surface area contributed by atoms with Crippen LogP contribution in [0.1, 0.15) is 47.5 Å². The smallest absolute Gasteiger partial charge is 0.302 e. The van der Waals surface area contributed by atoms with Crippen LogP contribution in [-0.2, 0) is 9.53 Å². The van der Waals surface area contributed by atoms with Gasteiger partial charge in [0.25, 0.3) is 0 Å². The Morgan fingerprint density at radius 3 is 2.13 bits per heavy atom. The van der Waals surface area contributed by atoms with Gasteiger partial charge in [-0.3, -0.25) is 4.79 Å². The molecule has 1 rings (SSSR count). The largest absolute Gasteiger partial charge is 0.466 e. The summed E-state index contributed by atoms with van der Waals surface area (Å²) in [6.07, 6.45) is 2.12. The first-order valence-corrected chi connectivity index (χ1v) is 5.63. The molecule has 1 aliphatic rings. The number of ether oxygens (including phenoxy) is 1. The molecule has 1 saturated heterocycles. The molecule has 3 nitrogen and oxygen atoms in total. The quantitative estimate of drug-likeness (QED) is 0.714. The molecule has 0 radical (unpaired) electrons. The van der Waals surface area contributed by atoms with Crippen LogP contribution in [0.25, 0.3) is 0 Å². The lowest BCUT2D eigenvalue weighted by Gasteiger charge is -2.46. The zero-order valence-corrected chi connectivity index (χ0v) is 10.5. The van der Waals surface area contributed by atoms with E-state index in [0.29, 0.717) is 12.5 Å². The van der Waals surface area contributed by atoms with Gasteiger partial charge in [-0.05, 0) is 46.5 Å². The molecule has 1 heterocycles. The first kappa shape index (κ1) is 12.5. The van der Waals surface area contributed by atoms with Gasteiger partial charge in [0.15, 0.2) is 0 Å². The number of hydrogen-bond acceptors (Lipinski definition) is 3. The van der Waals surface area contributed by atoms with Crippen molar-refractivity contribution in [2.75, 3.05) is 6.61 Å². The molecule has 1 aliphatic heterocycles. The fraction of sp³-hybridized carbons (Fsp3) is 0.917. The minimum atomic E-state index is -0.177. The average molecular weight is 213 g/mol. The van der Waals surface area contributed by atoms with Gasteiger partial charge in [-0.15, -0.1) is 0 Å². The molecule has 0 saturated carbocycles. The highest BCUT2D eigenvalue weighted by molar-refractivity contribution is 5.65. The molecule has 0 aliphatic carbocycles. The van der Waals surface area contributed by atoms with Crippen molar-refractivity contribution in [3.05, 3.63) is 0 Å². The number of hydrogen-bond donors (Lipinski definition) is 1. The van der Waals surface area contributed by atoms with Gasteiger partial charge in [-0.2, -0.15) is 0 Å². The minimum absolute atomic E-state index is 0.132. The first-order valence-electron chi connectivity index (χ1n) is 5.63. The molecule has 3 heteroatoms. The molecule has 0 amide bonds. The van der Waals surface area contributed by atoms with E-state index in [1.54, 1.807) is 0 Å². The first-order chi connectivity index (χ1) is 6.70. The molecule has 0 spiro atoms. The Labute approximate surface area is 92.6 Å². The fourth-order valence-corrected chi connectivity index (χ4v) is 2.89. The number of carbonyl (C=O) groups is 1. The van der Waals surface area contributed by atoms with Crippen LogP contribution in [0.4, 0.5) is 0 Å². The van der Waals surface area contributed by atoms with Crippen LogP contribution in [-0.4, -0.2) is 23.7 Å². The predicted molar refractivity (Wildman–Crippen MR) is 60.7 cm³/mol. The van der Waals surface area contributed by atoms with Gasteiger partial charge in [-0.25, -0.2) is 0 Å². The van der Waals surface area contributed by atoms with E-state index in [-0.39, 0.29) is 17.0 Å². The van der Waals surface area contributed by atoms with E-state index < -0.39 is 0 Å². The normalized spacial score (nSPS) is 24.9. The third-order valence-electron chi connectivity index (χ3n) is 2.80. The highest BCUT2D eigenvalue weighted by Gasteiger charge is 2.37.